The van der Waals surface area contributed by atoms with Crippen LogP contribution < -0.4 is 0 Å². The van der Waals surface area contributed by atoms with Crippen molar-refractivity contribution in [3.8, 4) is 11.1 Å². The molecule has 0 unspecified atom stereocenters. The number of nitrogens with zero attached hydrogens (tertiary/aromatic N) is 1. The molecular formula is C23H17N. The summed E-state index contributed by atoms with van der Waals surface area (Å²) < 4.78 is 0. The first-order valence-electron chi connectivity index (χ1n) is 8.08. The molecule has 1 heteroatoms. The average Bonchev–Trinajstić information content (AvgIpc) is 2.67. The zero-order chi connectivity index (χ0) is 16.2. The lowest BCUT2D eigenvalue weighted by molar-refractivity contribution is 1.37. The van der Waals surface area contributed by atoms with Gasteiger partial charge in [-0.1, -0.05) is 84.9 Å². The molecule has 0 aliphatic heterocycles. The summed E-state index contributed by atoms with van der Waals surface area (Å²) in [6.07, 6.45) is 4.16. The first-order chi connectivity index (χ1) is 11.9. The summed E-state index contributed by atoms with van der Waals surface area (Å²) in [5.74, 6) is 0. The first kappa shape index (κ1) is 14.4. The smallest absolute Gasteiger partial charge is 0.0709 e. The van der Waals surface area contributed by atoms with Gasteiger partial charge in [-0.3, -0.25) is 0 Å². The zero-order valence-electron chi connectivity index (χ0n) is 13.3. The van der Waals surface area contributed by atoms with Gasteiger partial charge in [-0.25, -0.2) is 4.98 Å². The predicted molar refractivity (Wildman–Crippen MR) is 103 cm³/mol. The van der Waals surface area contributed by atoms with Crippen molar-refractivity contribution in [1.29, 1.82) is 0 Å². The van der Waals surface area contributed by atoms with Crippen LogP contribution in [0.25, 0.3) is 34.2 Å². The Morgan fingerprint density at radius 2 is 1.25 bits per heavy atom. The summed E-state index contributed by atoms with van der Waals surface area (Å²) in [6, 6.07) is 31.4. The van der Waals surface area contributed by atoms with Gasteiger partial charge in [0.05, 0.1) is 11.2 Å². The molecule has 0 atom stereocenters. The number of para-hydroxylation sites is 1. The summed E-state index contributed by atoms with van der Waals surface area (Å²) in [5, 5.41) is 1.17. The van der Waals surface area contributed by atoms with E-state index in [1.54, 1.807) is 0 Å². The minimum Gasteiger partial charge on any atom is -0.248 e. The SMILES string of the molecule is C(=C\c1ccc2ccccc2n1)/c1ccc(-c2ccccc2)cc1. The van der Waals surface area contributed by atoms with Crippen LogP contribution in [0.3, 0.4) is 0 Å². The zero-order valence-corrected chi connectivity index (χ0v) is 13.3. The van der Waals surface area contributed by atoms with E-state index >= 15 is 0 Å². The van der Waals surface area contributed by atoms with Gasteiger partial charge in [0.1, 0.15) is 0 Å². The Bertz CT molecular complexity index is 983. The highest BCUT2D eigenvalue weighted by atomic mass is 14.7. The lowest BCUT2D eigenvalue weighted by Gasteiger charge is -2.02. The van der Waals surface area contributed by atoms with Gasteiger partial charge >= 0.3 is 0 Å². The number of aromatic nitrogens is 1. The molecule has 0 spiro atoms. The Labute approximate surface area is 141 Å². The lowest BCUT2D eigenvalue weighted by Crippen LogP contribution is -1.82. The monoisotopic (exact) mass is 307 g/mol. The van der Waals surface area contributed by atoms with Crippen LogP contribution >= 0.6 is 0 Å². The average molecular weight is 307 g/mol. The van der Waals surface area contributed by atoms with Crippen molar-refractivity contribution < 1.29 is 0 Å². The van der Waals surface area contributed by atoms with Gasteiger partial charge in [-0.05, 0) is 34.9 Å². The van der Waals surface area contributed by atoms with Crippen molar-refractivity contribution in [2.45, 2.75) is 0 Å². The molecule has 4 rings (SSSR count). The molecule has 0 radical (unpaired) electrons. The second kappa shape index (κ2) is 6.51. The van der Waals surface area contributed by atoms with Crippen molar-refractivity contribution >= 4 is 23.1 Å². The fourth-order valence-electron chi connectivity index (χ4n) is 2.77. The Morgan fingerprint density at radius 3 is 2.08 bits per heavy atom. The van der Waals surface area contributed by atoms with Gasteiger partial charge in [0.15, 0.2) is 0 Å². The van der Waals surface area contributed by atoms with E-state index in [0.717, 1.165) is 11.2 Å². The number of benzene rings is 3. The molecule has 24 heavy (non-hydrogen) atoms. The van der Waals surface area contributed by atoms with E-state index in [9.17, 15) is 0 Å². The number of hydrogen-bond acceptors (Lipinski definition) is 1. The summed E-state index contributed by atoms with van der Waals surface area (Å²) in [6.45, 7) is 0. The fraction of sp³-hybridized carbons (Fsp3) is 0. The number of fused-ring (bicyclic) bond motifs is 1. The van der Waals surface area contributed by atoms with Gasteiger partial charge in [0.25, 0.3) is 0 Å². The highest BCUT2D eigenvalue weighted by molar-refractivity contribution is 5.81. The summed E-state index contributed by atoms with van der Waals surface area (Å²) in [4.78, 5) is 4.67. The number of hydrogen-bond donors (Lipinski definition) is 0. The van der Waals surface area contributed by atoms with Gasteiger partial charge in [0.2, 0.25) is 0 Å². The molecule has 0 N–H and O–H groups in total. The lowest BCUT2D eigenvalue weighted by atomic mass is 10.0. The van der Waals surface area contributed by atoms with Crippen molar-refractivity contribution in [3.05, 3.63) is 102 Å². The van der Waals surface area contributed by atoms with E-state index in [1.165, 1.54) is 22.1 Å². The number of pyridine rings is 1. The minimum atomic E-state index is 0.973. The molecule has 0 amide bonds. The molecular weight excluding hydrogens is 290 g/mol. The topological polar surface area (TPSA) is 12.9 Å². The molecule has 0 aliphatic carbocycles. The Balaban J connectivity index is 1.56. The quantitative estimate of drug-likeness (QED) is 0.447. The second-order valence-corrected chi connectivity index (χ2v) is 5.75. The van der Waals surface area contributed by atoms with E-state index in [2.05, 4.69) is 83.9 Å². The standard InChI is InChI=1S/C23H17N/c1-2-6-19(7-3-1)20-13-10-18(11-14-20)12-16-22-17-15-21-8-4-5-9-23(21)24-22/h1-17H/b16-12+. The molecule has 1 nitrogen and oxygen atoms in total. The molecule has 1 heterocycles. The van der Waals surface area contributed by atoms with Gasteiger partial charge in [-0.2, -0.15) is 0 Å². The molecule has 0 fully saturated rings. The largest absolute Gasteiger partial charge is 0.248 e. The van der Waals surface area contributed by atoms with E-state index in [4.69, 9.17) is 0 Å². The molecule has 0 saturated carbocycles. The van der Waals surface area contributed by atoms with Crippen LogP contribution in [0.5, 0.6) is 0 Å². The van der Waals surface area contributed by atoms with E-state index in [-0.39, 0.29) is 0 Å². The second-order valence-electron chi connectivity index (χ2n) is 5.75. The number of rotatable bonds is 3. The molecule has 0 bridgehead atoms. The van der Waals surface area contributed by atoms with E-state index in [0.29, 0.717) is 0 Å². The van der Waals surface area contributed by atoms with Crippen molar-refractivity contribution in [1.82, 2.24) is 4.98 Å². The van der Waals surface area contributed by atoms with Gasteiger partial charge in [-0.15, -0.1) is 0 Å². The summed E-state index contributed by atoms with van der Waals surface area (Å²) in [7, 11) is 0. The van der Waals surface area contributed by atoms with E-state index in [1.807, 2.05) is 24.3 Å². The third-order valence-electron chi connectivity index (χ3n) is 4.08. The third kappa shape index (κ3) is 3.11. The van der Waals surface area contributed by atoms with Crippen LogP contribution in [-0.2, 0) is 0 Å². The normalized spacial score (nSPS) is 11.2. The maximum atomic E-state index is 4.67. The molecule has 114 valence electrons. The van der Waals surface area contributed by atoms with Crippen molar-refractivity contribution in [2.24, 2.45) is 0 Å². The molecule has 0 aliphatic rings. The van der Waals surface area contributed by atoms with Crippen LogP contribution in [-0.4, -0.2) is 4.98 Å². The maximum Gasteiger partial charge on any atom is 0.0709 e. The molecule has 0 saturated heterocycles. The van der Waals surface area contributed by atoms with Crippen LogP contribution in [0.1, 0.15) is 11.3 Å². The minimum absolute atomic E-state index is 0.973. The van der Waals surface area contributed by atoms with Crippen LogP contribution in [0.4, 0.5) is 0 Å². The fourth-order valence-corrected chi connectivity index (χ4v) is 2.77. The Kier molecular flexibility index (Phi) is 3.91. The van der Waals surface area contributed by atoms with Crippen molar-refractivity contribution in [3.63, 3.8) is 0 Å². The van der Waals surface area contributed by atoms with Crippen LogP contribution in [0.15, 0.2) is 91.0 Å². The molecule has 3 aromatic carbocycles. The summed E-state index contributed by atoms with van der Waals surface area (Å²) >= 11 is 0. The molecule has 1 aromatic heterocycles. The van der Waals surface area contributed by atoms with Crippen LogP contribution in [0, 0.1) is 0 Å². The van der Waals surface area contributed by atoms with Crippen molar-refractivity contribution in [2.75, 3.05) is 0 Å². The van der Waals surface area contributed by atoms with E-state index < -0.39 is 0 Å². The Hall–Kier alpha value is -3.19. The summed E-state index contributed by atoms with van der Waals surface area (Å²) in [5.41, 5.74) is 5.64. The highest BCUT2D eigenvalue weighted by Crippen LogP contribution is 2.20. The molecule has 4 aromatic rings. The highest BCUT2D eigenvalue weighted by Gasteiger charge is 1.97. The van der Waals surface area contributed by atoms with Crippen LogP contribution in [0.2, 0.25) is 0 Å². The van der Waals surface area contributed by atoms with Gasteiger partial charge in [0, 0.05) is 5.39 Å². The third-order valence-corrected chi connectivity index (χ3v) is 4.08. The first-order valence-corrected chi connectivity index (χ1v) is 8.08. The maximum absolute atomic E-state index is 4.67. The predicted octanol–water partition coefficient (Wildman–Crippen LogP) is 6.07. The Morgan fingerprint density at radius 1 is 0.542 bits per heavy atom. The van der Waals surface area contributed by atoms with Gasteiger partial charge < -0.3 is 0 Å².